The molecule has 6 aromatic rings. The van der Waals surface area contributed by atoms with E-state index in [1.165, 1.54) is 11.1 Å². The first-order valence-corrected chi connectivity index (χ1v) is 17.9. The van der Waals surface area contributed by atoms with E-state index in [4.69, 9.17) is 4.74 Å². The molecule has 0 unspecified atom stereocenters. The first kappa shape index (κ1) is 39.6. The molecule has 52 heavy (non-hydrogen) atoms. The number of benzene rings is 1. The first-order chi connectivity index (χ1) is 24.6. The number of pyridine rings is 2. The van der Waals surface area contributed by atoms with Crippen molar-refractivity contribution in [3.63, 3.8) is 0 Å². The number of hydrogen-bond acceptors (Lipinski definition) is 8. The van der Waals surface area contributed by atoms with Gasteiger partial charge in [-0.2, -0.15) is 10.2 Å². The van der Waals surface area contributed by atoms with Crippen molar-refractivity contribution in [2.75, 3.05) is 19.4 Å². The van der Waals surface area contributed by atoms with Gasteiger partial charge in [-0.15, -0.1) is 0 Å². The highest BCUT2D eigenvalue weighted by Gasteiger charge is 2.23. The fraction of sp³-hybridized carbons (Fsp3) is 0.308. The molecule has 0 radical (unpaired) electrons. The van der Waals surface area contributed by atoms with Crippen molar-refractivity contribution in [1.82, 2.24) is 34.1 Å². The summed E-state index contributed by atoms with van der Waals surface area (Å²) < 4.78 is 9.54. The molecule has 0 bridgehead atoms. The van der Waals surface area contributed by atoms with Crippen LogP contribution in [0.25, 0.3) is 22.3 Å². The summed E-state index contributed by atoms with van der Waals surface area (Å²) in [6.07, 6.45) is 6.11. The van der Waals surface area contributed by atoms with Gasteiger partial charge in [0, 0.05) is 43.7 Å². The number of aromatic nitrogens is 6. The van der Waals surface area contributed by atoms with Crippen molar-refractivity contribution < 1.29 is 19.1 Å². The van der Waals surface area contributed by atoms with Gasteiger partial charge in [0.05, 0.1) is 39.7 Å². The minimum Gasteiger partial charge on any atom is -0.444 e. The van der Waals surface area contributed by atoms with Crippen LogP contribution in [0.15, 0.2) is 91.6 Å². The summed E-state index contributed by atoms with van der Waals surface area (Å²) in [5.74, 6) is 0.285. The molecule has 13 heteroatoms. The molecule has 5 aromatic heterocycles. The average molecular weight is 817 g/mol. The second kappa shape index (κ2) is 17.4. The molecule has 12 nitrogen and oxygen atoms in total. The first-order valence-electron chi connectivity index (χ1n) is 16.8. The Morgan fingerprint density at radius 3 is 2.17 bits per heavy atom. The number of fused-ring (bicyclic) bond motifs is 2. The van der Waals surface area contributed by atoms with E-state index in [1.807, 2.05) is 74.6 Å². The van der Waals surface area contributed by atoms with Crippen molar-refractivity contribution in [2.45, 2.75) is 60.0 Å². The van der Waals surface area contributed by atoms with Gasteiger partial charge in [0.1, 0.15) is 15.6 Å². The number of halogens is 1. The van der Waals surface area contributed by atoms with Gasteiger partial charge >= 0.3 is 6.09 Å². The van der Waals surface area contributed by atoms with E-state index in [9.17, 15) is 14.4 Å². The predicted octanol–water partition coefficient (Wildman–Crippen LogP) is 8.43. The van der Waals surface area contributed by atoms with E-state index >= 15 is 0 Å². The predicted molar refractivity (Wildman–Crippen MR) is 212 cm³/mol. The molecule has 1 N–H and O–H groups in total. The van der Waals surface area contributed by atoms with Gasteiger partial charge in [-0.25, -0.2) is 23.8 Å². The number of nitrogens with zero attached hydrogens (tertiary/aromatic N) is 7. The molecule has 6 rings (SSSR count). The highest BCUT2D eigenvalue weighted by Crippen LogP contribution is 2.25. The molecule has 2 amide bonds. The summed E-state index contributed by atoms with van der Waals surface area (Å²) in [4.78, 5) is 45.9. The standard InChI is InChI=1S/C15H20N4O3.C14H18N2O.C10H7IN2/c1-15(2,3)22-14(21)17-10-6-7-19-12(8-10)11(9-16-19)13(20)18(4)5;1-9(2)13-12(14(17)10(3)4)11-7-5-6-8-16(11)15-13;11-10-6-9(12-7-13-10)8-4-2-1-3-5-8/h6-9H,1-5H3,(H,17,21);5-10H,1-4H3;1-7H. The number of anilines is 1. The minimum absolute atomic E-state index is 0.000654. The molecule has 0 spiro atoms. The molecule has 5 heterocycles. The number of rotatable bonds is 6. The van der Waals surface area contributed by atoms with Crippen LogP contribution in [0.2, 0.25) is 0 Å². The summed E-state index contributed by atoms with van der Waals surface area (Å²) in [6, 6.07) is 21.2. The van der Waals surface area contributed by atoms with Crippen LogP contribution in [0.4, 0.5) is 10.5 Å². The molecular weight excluding hydrogens is 771 g/mol. The van der Waals surface area contributed by atoms with Crippen LogP contribution >= 0.6 is 22.6 Å². The summed E-state index contributed by atoms with van der Waals surface area (Å²) in [7, 11) is 3.35. The second-order valence-corrected chi connectivity index (χ2v) is 14.8. The zero-order chi connectivity index (χ0) is 38.2. The van der Waals surface area contributed by atoms with Gasteiger partial charge in [-0.3, -0.25) is 14.9 Å². The number of hydrogen-bond donors (Lipinski definition) is 1. The monoisotopic (exact) mass is 816 g/mol. The molecule has 0 aliphatic carbocycles. The SMILES string of the molecule is CC(C)C(=O)c1c(C(C)C)nn2ccccc12.CN(C)C(=O)c1cnn2ccc(NC(=O)OC(C)(C)C)cc12.Ic1cc(-c2ccccc2)ncn1. The minimum atomic E-state index is -0.573. The van der Waals surface area contributed by atoms with Crippen LogP contribution in [-0.4, -0.2) is 71.6 Å². The lowest BCUT2D eigenvalue weighted by Gasteiger charge is -2.19. The number of amides is 2. The van der Waals surface area contributed by atoms with E-state index in [0.29, 0.717) is 16.8 Å². The summed E-state index contributed by atoms with van der Waals surface area (Å²) >= 11 is 2.18. The van der Waals surface area contributed by atoms with E-state index in [1.54, 1.807) is 68.6 Å². The normalized spacial score (nSPS) is 11.1. The van der Waals surface area contributed by atoms with Crippen LogP contribution in [0.5, 0.6) is 0 Å². The van der Waals surface area contributed by atoms with Crippen molar-refractivity contribution >= 4 is 57.1 Å². The van der Waals surface area contributed by atoms with Crippen LogP contribution in [0.3, 0.4) is 0 Å². The third kappa shape index (κ3) is 10.4. The van der Waals surface area contributed by atoms with Gasteiger partial charge in [-0.1, -0.05) is 64.1 Å². The van der Waals surface area contributed by atoms with E-state index in [2.05, 4.69) is 61.9 Å². The Labute approximate surface area is 317 Å². The second-order valence-electron chi connectivity index (χ2n) is 13.7. The largest absolute Gasteiger partial charge is 0.444 e. The zero-order valence-electron chi connectivity index (χ0n) is 31.0. The number of ketones is 1. The summed E-state index contributed by atoms with van der Waals surface area (Å²) in [5.41, 5.74) is 5.75. The van der Waals surface area contributed by atoms with Crippen LogP contribution in [-0.2, 0) is 4.74 Å². The Bertz CT molecular complexity index is 2150. The van der Waals surface area contributed by atoms with Crippen LogP contribution in [0, 0.1) is 9.62 Å². The number of carbonyl (C=O) groups excluding carboxylic acids is 3. The average Bonchev–Trinajstić information content (AvgIpc) is 3.69. The Morgan fingerprint density at radius 2 is 1.56 bits per heavy atom. The molecule has 0 aliphatic heterocycles. The van der Waals surface area contributed by atoms with Crippen LogP contribution in [0.1, 0.15) is 80.8 Å². The third-order valence-electron chi connectivity index (χ3n) is 7.39. The van der Waals surface area contributed by atoms with Gasteiger partial charge < -0.3 is 9.64 Å². The lowest BCUT2D eigenvalue weighted by molar-refractivity contribution is 0.0635. The molecular formula is C39H45IN8O4. The number of ether oxygens (including phenoxy) is 1. The fourth-order valence-electron chi connectivity index (χ4n) is 4.95. The van der Waals surface area contributed by atoms with E-state index in [-0.39, 0.29) is 23.5 Å². The van der Waals surface area contributed by atoms with Gasteiger partial charge in [-0.05, 0) is 79.6 Å². The van der Waals surface area contributed by atoms with E-state index in [0.717, 1.165) is 31.7 Å². The molecule has 0 saturated heterocycles. The van der Waals surface area contributed by atoms with Crippen molar-refractivity contribution in [3.8, 4) is 11.3 Å². The van der Waals surface area contributed by atoms with Crippen molar-refractivity contribution in [2.24, 2.45) is 5.92 Å². The fourth-order valence-corrected chi connectivity index (χ4v) is 5.37. The van der Waals surface area contributed by atoms with Crippen molar-refractivity contribution in [3.05, 3.63) is 112 Å². The Morgan fingerprint density at radius 1 is 0.865 bits per heavy atom. The lowest BCUT2D eigenvalue weighted by Crippen LogP contribution is -2.27. The molecule has 0 atom stereocenters. The van der Waals surface area contributed by atoms with Crippen molar-refractivity contribution in [1.29, 1.82) is 0 Å². The Balaban J connectivity index is 0.000000180. The van der Waals surface area contributed by atoms with Gasteiger partial charge in [0.15, 0.2) is 5.78 Å². The smallest absolute Gasteiger partial charge is 0.412 e. The van der Waals surface area contributed by atoms with E-state index < -0.39 is 11.7 Å². The lowest BCUT2D eigenvalue weighted by atomic mass is 9.95. The molecule has 0 aliphatic rings. The van der Waals surface area contributed by atoms with Gasteiger partial charge in [0.25, 0.3) is 5.91 Å². The highest BCUT2D eigenvalue weighted by molar-refractivity contribution is 14.1. The highest BCUT2D eigenvalue weighted by atomic mass is 127. The summed E-state index contributed by atoms with van der Waals surface area (Å²) in [5, 5.41) is 11.3. The zero-order valence-corrected chi connectivity index (χ0v) is 33.1. The molecule has 1 aromatic carbocycles. The Kier molecular flexibility index (Phi) is 13.2. The van der Waals surface area contributed by atoms with Crippen LogP contribution < -0.4 is 5.32 Å². The van der Waals surface area contributed by atoms with Gasteiger partial charge in [0.2, 0.25) is 0 Å². The Hall–Kier alpha value is -5.18. The number of nitrogens with one attached hydrogen (secondary N) is 1. The summed E-state index contributed by atoms with van der Waals surface area (Å²) in [6.45, 7) is 13.4. The maximum atomic E-state index is 12.3. The topological polar surface area (TPSA) is 136 Å². The maximum Gasteiger partial charge on any atom is 0.412 e. The quantitative estimate of drug-likeness (QED) is 0.101. The molecule has 0 fully saturated rings. The third-order valence-corrected chi connectivity index (χ3v) is 7.98. The molecule has 0 saturated carbocycles. The molecule has 272 valence electrons. The number of Topliss-reactive ketones (excluding diaryl/α,β-unsaturated/α-hetero) is 1. The maximum absolute atomic E-state index is 12.3. The number of carbonyl (C=O) groups is 3.